The van der Waals surface area contributed by atoms with Gasteiger partial charge >= 0.3 is 0 Å². The first-order valence-electron chi connectivity index (χ1n) is 3.98. The van der Waals surface area contributed by atoms with Crippen molar-refractivity contribution in [2.75, 3.05) is 33.2 Å². The van der Waals surface area contributed by atoms with Crippen LogP contribution in [0.25, 0.3) is 0 Å². The summed E-state index contributed by atoms with van der Waals surface area (Å²) < 4.78 is 0. The second-order valence-electron chi connectivity index (χ2n) is 2.62. The molecule has 0 saturated carbocycles. The van der Waals surface area contributed by atoms with Crippen LogP contribution in [0.2, 0.25) is 0 Å². The van der Waals surface area contributed by atoms with Gasteiger partial charge < -0.3 is 4.90 Å². The Morgan fingerprint density at radius 3 is 2.73 bits per heavy atom. The molecule has 0 radical (unpaired) electrons. The Morgan fingerprint density at radius 2 is 2.27 bits per heavy atom. The molecular weight excluding hydrogens is 142 g/mol. The molecule has 1 fully saturated rings. The molecule has 0 atom stereocenters. The predicted octanol–water partition coefficient (Wildman–Crippen LogP) is -0.715. The zero-order valence-corrected chi connectivity index (χ0v) is 7.13. The van der Waals surface area contributed by atoms with Crippen molar-refractivity contribution >= 4 is 5.91 Å². The molecule has 0 unspecified atom stereocenters. The van der Waals surface area contributed by atoms with E-state index >= 15 is 0 Å². The summed E-state index contributed by atoms with van der Waals surface area (Å²) in [4.78, 5) is 13.1. The van der Waals surface area contributed by atoms with Gasteiger partial charge in [0.2, 0.25) is 5.91 Å². The molecule has 0 spiro atoms. The normalized spacial score (nSPS) is 20.9. The van der Waals surface area contributed by atoms with Crippen molar-refractivity contribution in [3.63, 3.8) is 0 Å². The maximum absolute atomic E-state index is 11.2. The van der Waals surface area contributed by atoms with E-state index in [9.17, 15) is 4.79 Å². The third kappa shape index (κ3) is 1.91. The highest BCUT2D eigenvalue weighted by atomic mass is 16.2. The average Bonchev–Trinajstić information content (AvgIpc) is 2.04. The van der Waals surface area contributed by atoms with Crippen molar-refractivity contribution < 1.29 is 4.79 Å². The van der Waals surface area contributed by atoms with Crippen LogP contribution in [-0.2, 0) is 4.79 Å². The van der Waals surface area contributed by atoms with Gasteiger partial charge in [-0.3, -0.25) is 10.2 Å². The van der Waals surface area contributed by atoms with E-state index in [-0.39, 0.29) is 5.91 Å². The second kappa shape index (κ2) is 3.69. The van der Waals surface area contributed by atoms with Crippen LogP contribution in [0.4, 0.5) is 0 Å². The zero-order chi connectivity index (χ0) is 8.27. The smallest absolute Gasteiger partial charge is 0.238 e. The molecule has 64 valence electrons. The van der Waals surface area contributed by atoms with Gasteiger partial charge in [-0.15, -0.1) is 0 Å². The highest BCUT2D eigenvalue weighted by Gasteiger charge is 2.20. The lowest BCUT2D eigenvalue weighted by Gasteiger charge is -2.32. The Labute approximate surface area is 67.1 Å². The molecule has 0 aromatic heterocycles. The molecule has 11 heavy (non-hydrogen) atoms. The summed E-state index contributed by atoms with van der Waals surface area (Å²) in [6.07, 6.45) is 0. The van der Waals surface area contributed by atoms with Gasteiger partial charge in [0, 0.05) is 19.6 Å². The van der Waals surface area contributed by atoms with Crippen LogP contribution in [0, 0.1) is 0 Å². The maximum Gasteiger partial charge on any atom is 0.238 e. The molecule has 4 heteroatoms. The number of amides is 1. The average molecular weight is 157 g/mol. The molecule has 1 heterocycles. The van der Waals surface area contributed by atoms with Crippen LogP contribution < -0.4 is 5.43 Å². The summed E-state index contributed by atoms with van der Waals surface area (Å²) in [5.74, 6) is 0.216. The summed E-state index contributed by atoms with van der Waals surface area (Å²) >= 11 is 0. The first-order chi connectivity index (χ1) is 5.27. The van der Waals surface area contributed by atoms with Crippen LogP contribution in [0.15, 0.2) is 0 Å². The lowest BCUT2D eigenvalue weighted by atomic mass is 10.3. The third-order valence-electron chi connectivity index (χ3n) is 2.02. The van der Waals surface area contributed by atoms with Gasteiger partial charge in [-0.05, 0) is 14.0 Å². The van der Waals surface area contributed by atoms with E-state index in [1.807, 2.05) is 23.9 Å². The Kier molecular flexibility index (Phi) is 2.84. The van der Waals surface area contributed by atoms with E-state index in [2.05, 4.69) is 5.43 Å². The predicted molar refractivity (Wildman–Crippen MR) is 42.9 cm³/mol. The number of piperazine rings is 1. The van der Waals surface area contributed by atoms with E-state index in [0.29, 0.717) is 6.54 Å². The van der Waals surface area contributed by atoms with Crippen molar-refractivity contribution in [3.05, 3.63) is 0 Å². The number of carbonyl (C=O) groups is 1. The quantitative estimate of drug-likeness (QED) is 0.575. The van der Waals surface area contributed by atoms with Gasteiger partial charge in [0.1, 0.15) is 0 Å². The molecule has 0 aliphatic carbocycles. The summed E-state index contributed by atoms with van der Waals surface area (Å²) in [5, 5.41) is 1.93. The molecule has 1 aliphatic heterocycles. The number of carbonyl (C=O) groups excluding carboxylic acids is 1. The van der Waals surface area contributed by atoms with Gasteiger partial charge in [-0.25, -0.2) is 5.01 Å². The SMILES string of the molecule is CCN1CCN(NC)CC1=O. The molecule has 1 N–H and O–H groups in total. The largest absolute Gasteiger partial charge is 0.340 e. The van der Waals surface area contributed by atoms with Gasteiger partial charge in [0.25, 0.3) is 0 Å². The summed E-state index contributed by atoms with van der Waals surface area (Å²) in [6, 6.07) is 0. The maximum atomic E-state index is 11.2. The molecular formula is C7H15N3O. The van der Waals surface area contributed by atoms with Gasteiger partial charge in [-0.2, -0.15) is 0 Å². The lowest BCUT2D eigenvalue weighted by Crippen LogP contribution is -2.53. The molecule has 1 rings (SSSR count). The highest BCUT2D eigenvalue weighted by molar-refractivity contribution is 5.78. The van der Waals surface area contributed by atoms with Crippen LogP contribution in [0.1, 0.15) is 6.92 Å². The third-order valence-corrected chi connectivity index (χ3v) is 2.02. The number of hydrogen-bond donors (Lipinski definition) is 1. The monoisotopic (exact) mass is 157 g/mol. The molecule has 1 saturated heterocycles. The standard InChI is InChI=1S/C7H15N3O/c1-3-9-4-5-10(8-2)6-7(9)11/h8H,3-6H2,1-2H3. The van der Waals surface area contributed by atoms with Crippen molar-refractivity contribution in [1.29, 1.82) is 0 Å². The fraction of sp³-hybridized carbons (Fsp3) is 0.857. The van der Waals surface area contributed by atoms with Crippen LogP contribution in [0.3, 0.4) is 0 Å². The molecule has 1 amide bonds. The minimum Gasteiger partial charge on any atom is -0.340 e. The Bertz CT molecular complexity index is 149. The van der Waals surface area contributed by atoms with E-state index in [0.717, 1.165) is 19.6 Å². The Morgan fingerprint density at radius 1 is 1.55 bits per heavy atom. The van der Waals surface area contributed by atoms with Gasteiger partial charge in [0.05, 0.1) is 6.54 Å². The second-order valence-corrected chi connectivity index (χ2v) is 2.62. The Hall–Kier alpha value is -0.610. The number of hydrogen-bond acceptors (Lipinski definition) is 3. The molecule has 0 bridgehead atoms. The fourth-order valence-electron chi connectivity index (χ4n) is 1.23. The van der Waals surface area contributed by atoms with E-state index in [1.54, 1.807) is 0 Å². The highest BCUT2D eigenvalue weighted by Crippen LogP contribution is 1.98. The number of nitrogens with zero attached hydrogens (tertiary/aromatic N) is 2. The van der Waals surface area contributed by atoms with Crippen LogP contribution >= 0.6 is 0 Å². The Balaban J connectivity index is 2.41. The number of nitrogens with one attached hydrogen (secondary N) is 1. The lowest BCUT2D eigenvalue weighted by molar-refractivity contribution is -0.136. The minimum absolute atomic E-state index is 0.216. The van der Waals surface area contributed by atoms with Crippen LogP contribution in [0.5, 0.6) is 0 Å². The van der Waals surface area contributed by atoms with Crippen molar-refractivity contribution in [3.8, 4) is 0 Å². The first kappa shape index (κ1) is 8.49. The number of likely N-dealkylation sites (N-methyl/N-ethyl adjacent to an activating group) is 1. The van der Waals surface area contributed by atoms with Gasteiger partial charge in [0.15, 0.2) is 0 Å². The summed E-state index contributed by atoms with van der Waals surface area (Å²) in [7, 11) is 1.84. The van der Waals surface area contributed by atoms with E-state index in [1.165, 1.54) is 0 Å². The first-order valence-corrected chi connectivity index (χ1v) is 3.98. The van der Waals surface area contributed by atoms with Crippen molar-refractivity contribution in [2.45, 2.75) is 6.92 Å². The summed E-state index contributed by atoms with van der Waals surface area (Å²) in [5.41, 5.74) is 2.96. The molecule has 0 aromatic rings. The minimum atomic E-state index is 0.216. The molecule has 0 aromatic carbocycles. The zero-order valence-electron chi connectivity index (χ0n) is 7.13. The molecule has 4 nitrogen and oxygen atoms in total. The number of hydrazine groups is 1. The number of rotatable bonds is 2. The van der Waals surface area contributed by atoms with E-state index < -0.39 is 0 Å². The molecule has 1 aliphatic rings. The fourth-order valence-corrected chi connectivity index (χ4v) is 1.23. The van der Waals surface area contributed by atoms with Crippen LogP contribution in [-0.4, -0.2) is 49.0 Å². The van der Waals surface area contributed by atoms with Crippen molar-refractivity contribution in [2.24, 2.45) is 0 Å². The van der Waals surface area contributed by atoms with Gasteiger partial charge in [-0.1, -0.05) is 0 Å². The topological polar surface area (TPSA) is 35.6 Å². The summed E-state index contributed by atoms with van der Waals surface area (Å²) in [6.45, 7) is 5.11. The van der Waals surface area contributed by atoms with E-state index in [4.69, 9.17) is 0 Å². The van der Waals surface area contributed by atoms with Crippen molar-refractivity contribution in [1.82, 2.24) is 15.3 Å².